The van der Waals surface area contributed by atoms with Gasteiger partial charge in [-0.3, -0.25) is 4.90 Å². The molecule has 0 bridgehead atoms. The van der Waals surface area contributed by atoms with Gasteiger partial charge in [0, 0.05) is 17.3 Å². The molecule has 2 aliphatic rings. The van der Waals surface area contributed by atoms with E-state index in [9.17, 15) is 9.90 Å². The number of hydrogen-bond acceptors (Lipinski definition) is 3. The lowest BCUT2D eigenvalue weighted by Crippen LogP contribution is -2.49. The van der Waals surface area contributed by atoms with E-state index >= 15 is 0 Å². The van der Waals surface area contributed by atoms with Crippen LogP contribution in [0.3, 0.4) is 0 Å². The summed E-state index contributed by atoms with van der Waals surface area (Å²) in [6.45, 7) is 2.20. The maximum Gasteiger partial charge on any atom is 0.345 e. The molecule has 1 aliphatic heterocycles. The maximum atomic E-state index is 12.2. The normalized spacial score (nSPS) is 24.3. The predicted octanol–water partition coefficient (Wildman–Crippen LogP) is 4.75. The third-order valence-electron chi connectivity index (χ3n) is 6.03. The second-order valence-electron chi connectivity index (χ2n) is 7.61. The largest absolute Gasteiger partial charge is 0.478 e. The van der Waals surface area contributed by atoms with Crippen molar-refractivity contribution in [1.82, 2.24) is 4.90 Å². The lowest BCUT2D eigenvalue weighted by atomic mass is 9.80. The summed E-state index contributed by atoms with van der Waals surface area (Å²) in [6.07, 6.45) is 5.98. The van der Waals surface area contributed by atoms with Gasteiger partial charge in [-0.2, -0.15) is 0 Å². The number of benzene rings is 2. The average molecular weight is 390 g/mol. The van der Waals surface area contributed by atoms with Gasteiger partial charge in [0.15, 0.2) is 6.10 Å². The van der Waals surface area contributed by atoms with Crippen LogP contribution in [0.2, 0.25) is 0 Å². The van der Waals surface area contributed by atoms with E-state index in [1.54, 1.807) is 0 Å². The molecule has 4 nitrogen and oxygen atoms in total. The summed E-state index contributed by atoms with van der Waals surface area (Å²) < 4.78 is 6.19. The third kappa shape index (κ3) is 4.22. The van der Waals surface area contributed by atoms with E-state index in [4.69, 9.17) is 4.74 Å². The number of rotatable bonds is 5. The van der Waals surface area contributed by atoms with Gasteiger partial charge in [0.05, 0.1) is 0 Å². The smallest absolute Gasteiger partial charge is 0.345 e. The Morgan fingerprint density at radius 3 is 2.48 bits per heavy atom. The van der Waals surface area contributed by atoms with Gasteiger partial charge in [0.2, 0.25) is 0 Å². The van der Waals surface area contributed by atoms with E-state index in [2.05, 4.69) is 4.90 Å². The molecule has 0 aromatic heterocycles. The minimum Gasteiger partial charge on any atom is -0.478 e. The number of carbonyl (C=O) groups is 1. The highest BCUT2D eigenvalue weighted by Gasteiger charge is 2.41. The van der Waals surface area contributed by atoms with E-state index in [1.807, 2.05) is 42.5 Å². The highest BCUT2D eigenvalue weighted by Crippen LogP contribution is 2.36. The molecule has 27 heavy (non-hydrogen) atoms. The van der Waals surface area contributed by atoms with Crippen molar-refractivity contribution in [2.45, 2.75) is 50.7 Å². The molecule has 0 radical (unpaired) electrons. The number of likely N-dealkylation sites (tertiary alicyclic amines) is 1. The Balaban J connectivity index is 0.00000210. The number of carboxylic acids is 1. The van der Waals surface area contributed by atoms with Crippen LogP contribution in [0.25, 0.3) is 10.8 Å². The van der Waals surface area contributed by atoms with Crippen LogP contribution >= 0.6 is 12.4 Å². The Hall–Kier alpha value is -1.78. The Kier molecular flexibility index (Phi) is 6.61. The Morgan fingerprint density at radius 2 is 1.70 bits per heavy atom. The summed E-state index contributed by atoms with van der Waals surface area (Å²) in [5.41, 5.74) is 0. The Morgan fingerprint density at radius 1 is 1.00 bits per heavy atom. The lowest BCUT2D eigenvalue weighted by molar-refractivity contribution is -0.150. The zero-order valence-electron chi connectivity index (χ0n) is 15.5. The van der Waals surface area contributed by atoms with Crippen LogP contribution in [0.15, 0.2) is 42.5 Å². The molecule has 2 aromatic rings. The summed E-state index contributed by atoms with van der Waals surface area (Å²) in [4.78, 5) is 14.7. The molecule has 2 aromatic carbocycles. The highest BCUT2D eigenvalue weighted by atomic mass is 35.5. The van der Waals surface area contributed by atoms with Crippen molar-refractivity contribution in [2.75, 3.05) is 13.1 Å². The average Bonchev–Trinajstić information content (AvgIpc) is 3.20. The highest BCUT2D eigenvalue weighted by molar-refractivity contribution is 5.88. The number of hydrogen-bond donors (Lipinski definition) is 1. The van der Waals surface area contributed by atoms with Gasteiger partial charge in [-0.15, -0.1) is 12.4 Å². The molecule has 4 rings (SSSR count). The first kappa shape index (κ1) is 20.0. The van der Waals surface area contributed by atoms with E-state index in [0.717, 1.165) is 43.1 Å². The molecule has 1 aliphatic carbocycles. The molecule has 2 fully saturated rings. The molecular formula is C22H28ClNO3. The van der Waals surface area contributed by atoms with E-state index in [0.29, 0.717) is 11.8 Å². The SMILES string of the molecule is Cl.O=C(O)C(Oc1cccc2ccccc12)C1CCCCC1N1CCCC1. The summed E-state index contributed by atoms with van der Waals surface area (Å²) >= 11 is 0. The van der Waals surface area contributed by atoms with Crippen molar-refractivity contribution in [1.29, 1.82) is 0 Å². The number of halogens is 1. The summed E-state index contributed by atoms with van der Waals surface area (Å²) in [5, 5.41) is 12.0. The standard InChI is InChI=1S/C22H27NO3.ClH/c24-22(25)21(18-11-3-4-12-19(18)23-14-5-6-15-23)26-20-13-7-9-16-8-1-2-10-17(16)20;/h1-2,7-10,13,18-19,21H,3-6,11-12,14-15H2,(H,24,25);1H. The summed E-state index contributed by atoms with van der Waals surface area (Å²) in [5.74, 6) is -0.103. The van der Waals surface area contributed by atoms with Crippen molar-refractivity contribution >= 4 is 29.1 Å². The second-order valence-corrected chi connectivity index (χ2v) is 7.61. The molecule has 0 amide bonds. The van der Waals surface area contributed by atoms with Gasteiger partial charge in [-0.05, 0) is 50.2 Å². The van der Waals surface area contributed by atoms with Crippen LogP contribution in [0.4, 0.5) is 0 Å². The van der Waals surface area contributed by atoms with Crippen LogP contribution in [0.5, 0.6) is 5.75 Å². The van der Waals surface area contributed by atoms with Gasteiger partial charge >= 0.3 is 5.97 Å². The van der Waals surface area contributed by atoms with Crippen LogP contribution in [0, 0.1) is 5.92 Å². The molecule has 1 heterocycles. The molecule has 1 N–H and O–H groups in total. The molecule has 1 saturated carbocycles. The van der Waals surface area contributed by atoms with Gasteiger partial charge in [0.25, 0.3) is 0 Å². The monoisotopic (exact) mass is 389 g/mol. The quantitative estimate of drug-likeness (QED) is 0.801. The third-order valence-corrected chi connectivity index (χ3v) is 6.03. The fourth-order valence-electron chi connectivity index (χ4n) is 4.78. The molecule has 3 unspecified atom stereocenters. The fourth-order valence-corrected chi connectivity index (χ4v) is 4.78. The van der Waals surface area contributed by atoms with Crippen LogP contribution in [-0.4, -0.2) is 41.2 Å². The number of fused-ring (bicyclic) bond motifs is 1. The van der Waals surface area contributed by atoms with E-state index in [-0.39, 0.29) is 18.3 Å². The second kappa shape index (κ2) is 8.94. The van der Waals surface area contributed by atoms with Crippen molar-refractivity contribution in [2.24, 2.45) is 5.92 Å². The topological polar surface area (TPSA) is 49.8 Å². The van der Waals surface area contributed by atoms with Crippen LogP contribution < -0.4 is 4.74 Å². The molecule has 5 heteroatoms. The van der Waals surface area contributed by atoms with Crippen molar-refractivity contribution in [3.8, 4) is 5.75 Å². The maximum absolute atomic E-state index is 12.2. The first-order valence-corrected chi connectivity index (χ1v) is 9.85. The first-order valence-electron chi connectivity index (χ1n) is 9.85. The minimum atomic E-state index is -0.839. The number of ether oxygens (including phenoxy) is 1. The molecule has 3 atom stereocenters. The van der Waals surface area contributed by atoms with Gasteiger partial charge in [0.1, 0.15) is 5.75 Å². The van der Waals surface area contributed by atoms with Gasteiger partial charge in [-0.25, -0.2) is 4.79 Å². The van der Waals surface area contributed by atoms with E-state index < -0.39 is 12.1 Å². The first-order chi connectivity index (χ1) is 12.7. The van der Waals surface area contributed by atoms with Gasteiger partial charge in [-0.1, -0.05) is 49.2 Å². The van der Waals surface area contributed by atoms with Crippen LogP contribution in [-0.2, 0) is 4.79 Å². The number of nitrogens with zero attached hydrogens (tertiary/aromatic N) is 1. The lowest BCUT2D eigenvalue weighted by Gasteiger charge is -2.40. The van der Waals surface area contributed by atoms with E-state index in [1.165, 1.54) is 19.3 Å². The Labute approximate surface area is 166 Å². The molecule has 0 spiro atoms. The zero-order chi connectivity index (χ0) is 17.9. The van der Waals surface area contributed by atoms with Gasteiger partial charge < -0.3 is 9.84 Å². The zero-order valence-corrected chi connectivity index (χ0v) is 16.4. The summed E-state index contributed by atoms with van der Waals surface area (Å²) in [7, 11) is 0. The van der Waals surface area contributed by atoms with Crippen LogP contribution in [0.1, 0.15) is 38.5 Å². The van der Waals surface area contributed by atoms with Crippen molar-refractivity contribution in [3.63, 3.8) is 0 Å². The number of carboxylic acid groups (broad SMARTS) is 1. The summed E-state index contributed by atoms with van der Waals surface area (Å²) in [6, 6.07) is 14.2. The minimum absolute atomic E-state index is 0. The van der Waals surface area contributed by atoms with Crippen molar-refractivity contribution in [3.05, 3.63) is 42.5 Å². The number of aliphatic carboxylic acids is 1. The van der Waals surface area contributed by atoms with Crippen molar-refractivity contribution < 1.29 is 14.6 Å². The molecule has 1 saturated heterocycles. The fraction of sp³-hybridized carbons (Fsp3) is 0.500. The Bertz CT molecular complexity index is 770. The predicted molar refractivity (Wildman–Crippen MR) is 110 cm³/mol. The molecule has 146 valence electrons. The molecular weight excluding hydrogens is 362 g/mol.